The number of methoxy groups -OCH3 is 1. The average Bonchev–Trinajstić information content (AvgIpc) is 2.48. The van der Waals surface area contributed by atoms with Crippen molar-refractivity contribution in [3.8, 4) is 11.5 Å². The summed E-state index contributed by atoms with van der Waals surface area (Å²) in [5.41, 5.74) is 4.40. The second kappa shape index (κ2) is 6.95. The number of aryl methyl sites for hydroxylation is 1. The number of ether oxygens (including phenoxy) is 1. The number of carbonyl (C=O) groups is 1. The highest BCUT2D eigenvalue weighted by atomic mass is 35.5. The molecule has 6 heteroatoms. The molecule has 0 fully saturated rings. The van der Waals surface area contributed by atoms with Crippen LogP contribution in [-0.4, -0.2) is 24.3 Å². The summed E-state index contributed by atoms with van der Waals surface area (Å²) in [6.45, 7) is 1.89. The zero-order valence-corrected chi connectivity index (χ0v) is 12.9. The highest BCUT2D eigenvalue weighted by Crippen LogP contribution is 2.25. The van der Waals surface area contributed by atoms with E-state index in [-0.39, 0.29) is 5.75 Å². The Balaban J connectivity index is 2.07. The number of nitrogens with zero attached hydrogens (tertiary/aromatic N) is 1. The van der Waals surface area contributed by atoms with E-state index in [1.54, 1.807) is 30.3 Å². The van der Waals surface area contributed by atoms with Gasteiger partial charge in [0.2, 0.25) is 0 Å². The monoisotopic (exact) mass is 318 g/mol. The molecule has 0 unspecified atom stereocenters. The van der Waals surface area contributed by atoms with Crippen LogP contribution in [0.5, 0.6) is 11.5 Å². The Morgan fingerprint density at radius 2 is 2.09 bits per heavy atom. The lowest BCUT2D eigenvalue weighted by Gasteiger charge is -2.04. The molecule has 2 aromatic rings. The fourth-order valence-electron chi connectivity index (χ4n) is 1.80. The first kappa shape index (κ1) is 15.9. The predicted molar refractivity (Wildman–Crippen MR) is 85.9 cm³/mol. The van der Waals surface area contributed by atoms with Crippen molar-refractivity contribution >= 4 is 23.7 Å². The van der Waals surface area contributed by atoms with Crippen molar-refractivity contribution in [1.29, 1.82) is 0 Å². The summed E-state index contributed by atoms with van der Waals surface area (Å²) in [5.74, 6) is -0.0287. The van der Waals surface area contributed by atoms with Crippen molar-refractivity contribution in [3.63, 3.8) is 0 Å². The Labute approximate surface area is 133 Å². The SMILES string of the molecule is COc1cc(/C=N\NC(=O)c2ccc(C)cc2Cl)ccc1O. The van der Waals surface area contributed by atoms with Crippen molar-refractivity contribution in [3.05, 3.63) is 58.1 Å². The summed E-state index contributed by atoms with van der Waals surface area (Å²) < 4.78 is 4.99. The van der Waals surface area contributed by atoms with Crippen molar-refractivity contribution in [2.45, 2.75) is 6.92 Å². The molecule has 2 rings (SSSR count). The number of benzene rings is 2. The molecule has 0 atom stereocenters. The van der Waals surface area contributed by atoms with Gasteiger partial charge in [0.25, 0.3) is 5.91 Å². The first-order valence-corrected chi connectivity index (χ1v) is 6.85. The van der Waals surface area contributed by atoms with E-state index in [0.717, 1.165) is 5.56 Å². The van der Waals surface area contributed by atoms with Crippen LogP contribution in [0, 0.1) is 6.92 Å². The normalized spacial score (nSPS) is 10.7. The molecule has 0 saturated heterocycles. The van der Waals surface area contributed by atoms with Crippen LogP contribution in [0.1, 0.15) is 21.5 Å². The second-order valence-electron chi connectivity index (χ2n) is 4.61. The Kier molecular flexibility index (Phi) is 5.01. The van der Waals surface area contributed by atoms with Gasteiger partial charge in [0.1, 0.15) is 0 Å². The minimum absolute atomic E-state index is 0.0372. The highest BCUT2D eigenvalue weighted by Gasteiger charge is 2.09. The maximum atomic E-state index is 12.0. The second-order valence-corrected chi connectivity index (χ2v) is 5.02. The van der Waals surface area contributed by atoms with Gasteiger partial charge in [-0.1, -0.05) is 17.7 Å². The number of hydrazone groups is 1. The van der Waals surface area contributed by atoms with E-state index in [4.69, 9.17) is 16.3 Å². The maximum absolute atomic E-state index is 12.0. The summed E-state index contributed by atoms with van der Waals surface area (Å²) in [6, 6.07) is 9.89. The number of hydrogen-bond donors (Lipinski definition) is 2. The lowest BCUT2D eigenvalue weighted by atomic mass is 10.1. The first-order chi connectivity index (χ1) is 10.5. The van der Waals surface area contributed by atoms with Crippen molar-refractivity contribution in [2.75, 3.05) is 7.11 Å². The van der Waals surface area contributed by atoms with Gasteiger partial charge in [-0.05, 0) is 48.4 Å². The van der Waals surface area contributed by atoms with Gasteiger partial charge < -0.3 is 9.84 Å². The molecule has 1 amide bonds. The van der Waals surface area contributed by atoms with Crippen LogP contribution >= 0.6 is 11.6 Å². The van der Waals surface area contributed by atoms with Crippen molar-refractivity contribution < 1.29 is 14.6 Å². The van der Waals surface area contributed by atoms with E-state index >= 15 is 0 Å². The molecular weight excluding hydrogens is 304 g/mol. The van der Waals surface area contributed by atoms with Crippen LogP contribution in [0.15, 0.2) is 41.5 Å². The van der Waals surface area contributed by atoms with Crippen LogP contribution in [0.25, 0.3) is 0 Å². The zero-order chi connectivity index (χ0) is 16.1. The van der Waals surface area contributed by atoms with Crippen LogP contribution in [0.3, 0.4) is 0 Å². The van der Waals surface area contributed by atoms with Gasteiger partial charge >= 0.3 is 0 Å². The van der Waals surface area contributed by atoms with Gasteiger partial charge in [0, 0.05) is 0 Å². The summed E-state index contributed by atoms with van der Waals surface area (Å²) in [4.78, 5) is 12.0. The number of halogens is 1. The van der Waals surface area contributed by atoms with E-state index in [0.29, 0.717) is 21.9 Å². The molecule has 0 heterocycles. The predicted octanol–water partition coefficient (Wildman–Crippen LogP) is 3.13. The highest BCUT2D eigenvalue weighted by molar-refractivity contribution is 6.33. The van der Waals surface area contributed by atoms with E-state index in [2.05, 4.69) is 10.5 Å². The van der Waals surface area contributed by atoms with Crippen LogP contribution in [0.4, 0.5) is 0 Å². The van der Waals surface area contributed by atoms with E-state index in [9.17, 15) is 9.90 Å². The molecule has 0 aliphatic carbocycles. The largest absolute Gasteiger partial charge is 0.504 e. The summed E-state index contributed by atoms with van der Waals surface area (Å²) in [7, 11) is 1.46. The molecule has 0 aliphatic rings. The Bertz CT molecular complexity index is 729. The van der Waals surface area contributed by atoms with Crippen molar-refractivity contribution in [2.24, 2.45) is 5.10 Å². The molecule has 2 N–H and O–H groups in total. The number of rotatable bonds is 4. The standard InChI is InChI=1S/C16H15ClN2O3/c1-10-3-5-12(13(17)7-10)16(21)19-18-9-11-4-6-14(20)15(8-11)22-2/h3-9,20H,1-2H3,(H,19,21)/b18-9-. The molecular formula is C16H15ClN2O3. The van der Waals surface area contributed by atoms with E-state index in [1.165, 1.54) is 19.4 Å². The fourth-order valence-corrected chi connectivity index (χ4v) is 2.13. The van der Waals surface area contributed by atoms with Gasteiger partial charge in [-0.3, -0.25) is 4.79 Å². The third kappa shape index (κ3) is 3.77. The van der Waals surface area contributed by atoms with Gasteiger partial charge in [0.15, 0.2) is 11.5 Å². The number of aromatic hydroxyl groups is 1. The number of phenolic OH excluding ortho intramolecular Hbond substituents is 1. The number of nitrogens with one attached hydrogen (secondary N) is 1. The molecule has 0 aliphatic heterocycles. The summed E-state index contributed by atoms with van der Waals surface area (Å²) in [5, 5.41) is 13.7. The first-order valence-electron chi connectivity index (χ1n) is 6.48. The number of phenols is 1. The third-order valence-electron chi connectivity index (χ3n) is 2.95. The van der Waals surface area contributed by atoms with Gasteiger partial charge in [-0.15, -0.1) is 0 Å². The smallest absolute Gasteiger partial charge is 0.272 e. The Hall–Kier alpha value is -2.53. The molecule has 0 bridgehead atoms. The van der Waals surface area contributed by atoms with Crippen LogP contribution in [0.2, 0.25) is 5.02 Å². The molecule has 2 aromatic carbocycles. The quantitative estimate of drug-likeness (QED) is 0.672. The minimum Gasteiger partial charge on any atom is -0.504 e. The fraction of sp³-hybridized carbons (Fsp3) is 0.125. The number of hydrogen-bond acceptors (Lipinski definition) is 4. The summed E-state index contributed by atoms with van der Waals surface area (Å²) in [6.07, 6.45) is 1.45. The topological polar surface area (TPSA) is 70.9 Å². The van der Waals surface area contributed by atoms with Crippen LogP contribution in [-0.2, 0) is 0 Å². The average molecular weight is 319 g/mol. The lowest BCUT2D eigenvalue weighted by Crippen LogP contribution is -2.18. The zero-order valence-electron chi connectivity index (χ0n) is 12.1. The molecule has 0 aromatic heterocycles. The summed E-state index contributed by atoms with van der Waals surface area (Å²) >= 11 is 6.02. The maximum Gasteiger partial charge on any atom is 0.272 e. The minimum atomic E-state index is -0.396. The molecule has 0 saturated carbocycles. The van der Waals surface area contributed by atoms with E-state index < -0.39 is 5.91 Å². The molecule has 22 heavy (non-hydrogen) atoms. The molecule has 0 spiro atoms. The van der Waals surface area contributed by atoms with Gasteiger partial charge in [0.05, 0.1) is 23.9 Å². The Morgan fingerprint density at radius 1 is 1.32 bits per heavy atom. The van der Waals surface area contributed by atoms with Crippen molar-refractivity contribution in [1.82, 2.24) is 5.43 Å². The molecule has 5 nitrogen and oxygen atoms in total. The number of carbonyl (C=O) groups excluding carboxylic acids is 1. The molecule has 114 valence electrons. The third-order valence-corrected chi connectivity index (χ3v) is 3.27. The Morgan fingerprint density at radius 3 is 2.77 bits per heavy atom. The van der Waals surface area contributed by atoms with E-state index in [1.807, 2.05) is 6.92 Å². The van der Waals surface area contributed by atoms with Crippen LogP contribution < -0.4 is 10.2 Å². The number of amides is 1. The van der Waals surface area contributed by atoms with Gasteiger partial charge in [-0.2, -0.15) is 5.10 Å². The van der Waals surface area contributed by atoms with Gasteiger partial charge in [-0.25, -0.2) is 5.43 Å². The molecule has 0 radical (unpaired) electrons. The lowest BCUT2D eigenvalue weighted by molar-refractivity contribution is 0.0955.